The van der Waals surface area contributed by atoms with Gasteiger partial charge in [-0.15, -0.1) is 0 Å². The molecule has 10 nitrogen and oxygen atoms in total. The molecule has 3 saturated carbocycles. The van der Waals surface area contributed by atoms with Gasteiger partial charge in [-0.1, -0.05) is 87.3 Å². The second-order valence-corrected chi connectivity index (χ2v) is 20.1. The van der Waals surface area contributed by atoms with Crippen LogP contribution in [-0.2, 0) is 14.3 Å². The molecule has 53 heavy (non-hydrogen) atoms. The number of carbonyl (C=O) groups excluding carboxylic acids is 1. The van der Waals surface area contributed by atoms with Crippen LogP contribution < -0.4 is 11.1 Å². The number of nitrogens with one attached hydrogen (secondary N) is 1. The Bertz CT molecular complexity index is 1570. The molecule has 5 aliphatic rings. The van der Waals surface area contributed by atoms with E-state index in [1.165, 1.54) is 11.9 Å². The fraction of sp³-hybridized carbons (Fsp3) is 0.860. The maximum Gasteiger partial charge on any atom is 0.307 e. The van der Waals surface area contributed by atoms with Gasteiger partial charge in [0.25, 0.3) is 5.91 Å². The zero-order valence-corrected chi connectivity index (χ0v) is 34.8. The van der Waals surface area contributed by atoms with Crippen molar-refractivity contribution in [3.05, 3.63) is 23.8 Å². The normalized spacial score (nSPS) is 41.1. The Hall–Kier alpha value is -2.30. The van der Waals surface area contributed by atoms with Crippen molar-refractivity contribution >= 4 is 11.9 Å². The van der Waals surface area contributed by atoms with Crippen LogP contribution in [0.3, 0.4) is 0 Å². The average Bonchev–Trinajstić information content (AvgIpc) is 3.57. The number of fused-ring (bicyclic) bond motifs is 3. The van der Waals surface area contributed by atoms with Gasteiger partial charge in [-0.05, 0) is 97.7 Å². The molecule has 1 aliphatic heterocycles. The van der Waals surface area contributed by atoms with Gasteiger partial charge in [-0.3, -0.25) is 9.59 Å². The Morgan fingerprint density at radius 2 is 1.83 bits per heavy atom. The van der Waals surface area contributed by atoms with E-state index in [2.05, 4.69) is 92.5 Å². The van der Waals surface area contributed by atoms with Crippen LogP contribution in [0.15, 0.2) is 18.0 Å². The summed E-state index contributed by atoms with van der Waals surface area (Å²) in [6.45, 7) is 26.6. The van der Waals surface area contributed by atoms with Crippen LogP contribution in [0.5, 0.6) is 0 Å². The van der Waals surface area contributed by atoms with Gasteiger partial charge in [0.1, 0.15) is 6.33 Å². The highest BCUT2D eigenvalue weighted by Gasteiger charge is 2.72. The monoisotopic (exact) mass is 738 g/mol. The Balaban J connectivity index is 1.46. The summed E-state index contributed by atoms with van der Waals surface area (Å²) in [5.41, 5.74) is 6.18. The number of aliphatic carboxylic acids is 1. The lowest BCUT2D eigenvalue weighted by Crippen LogP contribution is -2.69. The average molecular weight is 738 g/mol. The van der Waals surface area contributed by atoms with E-state index in [1.54, 1.807) is 0 Å². The third kappa shape index (κ3) is 6.05. The molecular weight excluding hydrogens is 667 g/mol. The number of nitrogens with zero attached hydrogens (tertiary/aromatic N) is 3. The van der Waals surface area contributed by atoms with Gasteiger partial charge < -0.3 is 25.6 Å². The molecule has 4 N–H and O–H groups in total. The largest absolute Gasteiger partial charge is 0.481 e. The predicted molar refractivity (Wildman–Crippen MR) is 207 cm³/mol. The lowest BCUT2D eigenvalue weighted by atomic mass is 9.34. The van der Waals surface area contributed by atoms with Crippen LogP contribution in [0, 0.1) is 62.6 Å². The molecule has 0 unspecified atom stereocenters. The Kier molecular flexibility index (Phi) is 10.7. The molecular formula is C43H71N5O5. The van der Waals surface area contributed by atoms with Gasteiger partial charge in [0.2, 0.25) is 5.82 Å². The molecule has 2 heterocycles. The van der Waals surface area contributed by atoms with Crippen LogP contribution in [0.2, 0.25) is 0 Å². The third-order valence-electron chi connectivity index (χ3n) is 16.9. The molecule has 298 valence electrons. The van der Waals surface area contributed by atoms with Crippen molar-refractivity contribution in [3.8, 4) is 0 Å². The molecule has 0 aromatic carbocycles. The zero-order valence-electron chi connectivity index (χ0n) is 34.8. The Labute approximate surface area is 319 Å². The highest BCUT2D eigenvalue weighted by molar-refractivity contribution is 5.90. The third-order valence-corrected chi connectivity index (χ3v) is 16.9. The van der Waals surface area contributed by atoms with E-state index in [-0.39, 0.29) is 57.5 Å². The van der Waals surface area contributed by atoms with E-state index >= 15 is 0 Å². The first-order valence-corrected chi connectivity index (χ1v) is 20.8. The molecule has 1 saturated heterocycles. The number of allylic oxidation sites excluding steroid dienone is 1. The number of carbonyl (C=O) groups is 2. The van der Waals surface area contributed by atoms with Crippen LogP contribution >= 0.6 is 0 Å². The summed E-state index contributed by atoms with van der Waals surface area (Å²) in [4.78, 5) is 31.8. The first-order valence-electron chi connectivity index (χ1n) is 20.8. The van der Waals surface area contributed by atoms with E-state index < -0.39 is 22.8 Å². The van der Waals surface area contributed by atoms with E-state index in [0.29, 0.717) is 50.4 Å². The standard InChI is InChI=1S/C43H71N5O5/c1-12-13-20-45-36(49)35-46-25-47-48(35)31-21-43-24-52-22-39(8,34(31)53-23-42(11,44)27(4)5)32(43)15-14-29-30(43)16-17-41(10)33(37(50)51)38(7,28(6)26(2)3)18-19-40(29,41)9/h16,25-29,31-34H,12-15,17-24,44H2,1-11H3,(H,45,49)(H,50,51)/t28-,29+,31-,32+,33-,34+,38-,39-,40-,41+,42+,43+/m1/s1. The Morgan fingerprint density at radius 3 is 2.47 bits per heavy atom. The van der Waals surface area contributed by atoms with Crippen molar-refractivity contribution < 1.29 is 24.2 Å². The predicted octanol–water partition coefficient (Wildman–Crippen LogP) is 7.70. The smallest absolute Gasteiger partial charge is 0.307 e. The van der Waals surface area contributed by atoms with Crippen LogP contribution in [0.1, 0.15) is 144 Å². The number of carboxylic acid groups (broad SMARTS) is 1. The molecule has 1 aromatic heterocycles. The minimum absolute atomic E-state index is 0.191. The fourth-order valence-corrected chi connectivity index (χ4v) is 12.7. The first kappa shape index (κ1) is 40.4. The molecule has 2 bridgehead atoms. The first-order chi connectivity index (χ1) is 24.7. The van der Waals surface area contributed by atoms with Gasteiger partial charge in [-0.25, -0.2) is 9.67 Å². The minimum atomic E-state index is -0.646. The van der Waals surface area contributed by atoms with Gasteiger partial charge in [0.05, 0.1) is 37.9 Å². The number of nitrogens with two attached hydrogens (primary N) is 1. The molecule has 1 amide bonds. The molecule has 12 atom stereocenters. The van der Waals surface area contributed by atoms with Crippen LogP contribution in [0.4, 0.5) is 0 Å². The van der Waals surface area contributed by atoms with E-state index in [0.717, 1.165) is 44.9 Å². The number of hydrogen-bond acceptors (Lipinski definition) is 7. The van der Waals surface area contributed by atoms with Gasteiger partial charge >= 0.3 is 5.97 Å². The molecule has 4 aliphatic carbocycles. The van der Waals surface area contributed by atoms with E-state index in [1.807, 2.05) is 4.68 Å². The van der Waals surface area contributed by atoms with Crippen molar-refractivity contribution in [2.75, 3.05) is 26.4 Å². The number of hydrogen-bond donors (Lipinski definition) is 3. The van der Waals surface area contributed by atoms with Gasteiger partial charge in [0.15, 0.2) is 0 Å². The second kappa shape index (κ2) is 14.0. The number of carboxylic acids is 1. The summed E-state index contributed by atoms with van der Waals surface area (Å²) >= 11 is 0. The van der Waals surface area contributed by atoms with Crippen LogP contribution in [-0.4, -0.2) is 69.8 Å². The minimum Gasteiger partial charge on any atom is -0.481 e. The van der Waals surface area contributed by atoms with Gasteiger partial charge in [0, 0.05) is 22.9 Å². The van der Waals surface area contributed by atoms with Crippen molar-refractivity contribution in [2.24, 2.45) is 68.3 Å². The highest BCUT2D eigenvalue weighted by Crippen LogP contribution is 2.75. The maximum absolute atomic E-state index is 13.7. The second-order valence-electron chi connectivity index (χ2n) is 20.1. The number of amides is 1. The summed E-state index contributed by atoms with van der Waals surface area (Å²) in [7, 11) is 0. The molecule has 10 heteroatoms. The van der Waals surface area contributed by atoms with Crippen molar-refractivity contribution in [2.45, 2.75) is 145 Å². The highest BCUT2D eigenvalue weighted by atomic mass is 16.5. The molecule has 4 fully saturated rings. The summed E-state index contributed by atoms with van der Waals surface area (Å²) in [6, 6.07) is -0.272. The summed E-state index contributed by atoms with van der Waals surface area (Å²) < 4.78 is 15.7. The quantitative estimate of drug-likeness (QED) is 0.146. The Morgan fingerprint density at radius 1 is 1.11 bits per heavy atom. The molecule has 0 spiro atoms. The zero-order chi connectivity index (χ0) is 38.9. The fourth-order valence-electron chi connectivity index (χ4n) is 12.7. The van der Waals surface area contributed by atoms with Crippen molar-refractivity contribution in [1.29, 1.82) is 0 Å². The van der Waals surface area contributed by atoms with Crippen molar-refractivity contribution in [1.82, 2.24) is 20.1 Å². The topological polar surface area (TPSA) is 142 Å². The SMILES string of the molecule is CCCCNC(=O)c1ncnn1[C@@H]1C[C@@]23COC[C@](C)([C@@H]2CC[C@H]2C3=CC[C@@]3(C)[C@H](C(=O)O)[C@@](C)([C@H](C)C(C)C)CC[C@]23C)[C@H]1OC[C@](C)(N)C(C)C. The van der Waals surface area contributed by atoms with E-state index in [9.17, 15) is 14.7 Å². The summed E-state index contributed by atoms with van der Waals surface area (Å²) in [5, 5.41) is 19.0. The van der Waals surface area contributed by atoms with Crippen LogP contribution in [0.25, 0.3) is 0 Å². The number of aromatic nitrogens is 3. The molecule has 6 rings (SSSR count). The summed E-state index contributed by atoms with van der Waals surface area (Å²) in [5.74, 6) is 0.437. The number of ether oxygens (including phenoxy) is 2. The van der Waals surface area contributed by atoms with E-state index in [4.69, 9.17) is 20.3 Å². The number of unbranched alkanes of at least 4 members (excludes halogenated alkanes) is 1. The maximum atomic E-state index is 13.7. The van der Waals surface area contributed by atoms with Gasteiger partial charge in [-0.2, -0.15) is 5.10 Å². The van der Waals surface area contributed by atoms with Crippen molar-refractivity contribution in [3.63, 3.8) is 0 Å². The molecule has 0 radical (unpaired) electrons. The number of rotatable bonds is 12. The summed E-state index contributed by atoms with van der Waals surface area (Å²) in [6.07, 6.45) is 10.9. The lowest BCUT2D eigenvalue weighted by Gasteiger charge is -2.71. The molecule has 1 aromatic rings. The lowest BCUT2D eigenvalue weighted by molar-refractivity contribution is -0.252.